The minimum atomic E-state index is -0.118. The number of aromatic nitrogens is 3. The number of nitrogens with one attached hydrogen (secondary N) is 3. The lowest BCUT2D eigenvalue weighted by Crippen LogP contribution is -2.25. The zero-order valence-corrected chi connectivity index (χ0v) is 21.9. The summed E-state index contributed by atoms with van der Waals surface area (Å²) in [6.45, 7) is 5.07. The molecule has 3 N–H and O–H groups in total. The smallest absolute Gasteiger partial charge is 0.251 e. The van der Waals surface area contributed by atoms with Crippen LogP contribution in [0.25, 0.3) is 22.2 Å². The van der Waals surface area contributed by atoms with Crippen LogP contribution in [0.15, 0.2) is 67.1 Å². The van der Waals surface area contributed by atoms with Crippen LogP contribution < -0.4 is 16.0 Å². The van der Waals surface area contributed by atoms with Gasteiger partial charge in [0.1, 0.15) is 12.1 Å². The molecule has 5 rings (SSSR count). The zero-order valence-electron chi connectivity index (χ0n) is 21.9. The lowest BCUT2D eigenvalue weighted by atomic mass is 9.87. The summed E-state index contributed by atoms with van der Waals surface area (Å²) in [4.78, 5) is 38.0. The van der Waals surface area contributed by atoms with Gasteiger partial charge in [0.25, 0.3) is 11.8 Å². The van der Waals surface area contributed by atoms with E-state index in [1.54, 1.807) is 25.6 Å². The second kappa shape index (κ2) is 11.0. The molecule has 0 radical (unpaired) electrons. The fourth-order valence-corrected chi connectivity index (χ4v) is 4.55. The number of pyridine rings is 1. The largest absolute Gasteiger partial charge is 0.370 e. The zero-order chi connectivity index (χ0) is 26.6. The standard InChI is InChI=1S/C30H32N6O2/c1-18(19(2)23-5-4-6-24-25(30(38)31-3)13-14-32-28(23)24)16-33-27-15-26(34-17-35-27)20-7-9-21(10-8-20)29(37)36-22-11-12-22/h4-10,13-15,17-19,22H,11-12,16H2,1-3H3,(H,31,38)(H,36,37)(H,33,34,35)/t18-,19?/m1/s1. The van der Waals surface area contributed by atoms with Crippen LogP contribution in [0.1, 0.15) is 58.9 Å². The quantitative estimate of drug-likeness (QED) is 0.300. The number of para-hydroxylation sites is 1. The molecule has 1 saturated carbocycles. The van der Waals surface area contributed by atoms with E-state index in [1.807, 2.05) is 42.5 Å². The van der Waals surface area contributed by atoms with Gasteiger partial charge in [-0.3, -0.25) is 14.6 Å². The maximum absolute atomic E-state index is 12.3. The molecule has 8 nitrogen and oxygen atoms in total. The first-order valence-corrected chi connectivity index (χ1v) is 13.0. The van der Waals surface area contributed by atoms with Crippen LogP contribution >= 0.6 is 0 Å². The van der Waals surface area contributed by atoms with Crippen LogP contribution in [0.5, 0.6) is 0 Å². The molecule has 194 valence electrons. The van der Waals surface area contributed by atoms with Crippen molar-refractivity contribution in [2.75, 3.05) is 18.9 Å². The maximum atomic E-state index is 12.3. The second-order valence-corrected chi connectivity index (χ2v) is 9.94. The van der Waals surface area contributed by atoms with Crippen molar-refractivity contribution in [3.63, 3.8) is 0 Å². The minimum Gasteiger partial charge on any atom is -0.370 e. The van der Waals surface area contributed by atoms with Gasteiger partial charge in [0.05, 0.1) is 16.8 Å². The second-order valence-electron chi connectivity index (χ2n) is 9.94. The number of hydrogen-bond donors (Lipinski definition) is 3. The molecule has 2 aromatic heterocycles. The predicted octanol–water partition coefficient (Wildman–Crippen LogP) is 4.80. The number of anilines is 1. The van der Waals surface area contributed by atoms with Crippen molar-refractivity contribution >= 4 is 28.5 Å². The SMILES string of the molecule is CNC(=O)c1ccnc2c(C(C)[C@H](C)CNc3cc(-c4ccc(C(=O)NC5CC5)cc4)ncn3)cccc12. The maximum Gasteiger partial charge on any atom is 0.251 e. The van der Waals surface area contributed by atoms with E-state index in [0.717, 1.165) is 46.4 Å². The van der Waals surface area contributed by atoms with Gasteiger partial charge in [-0.15, -0.1) is 0 Å². The molecule has 38 heavy (non-hydrogen) atoms. The molecular weight excluding hydrogens is 476 g/mol. The Morgan fingerprint density at radius 2 is 1.76 bits per heavy atom. The van der Waals surface area contributed by atoms with E-state index in [0.29, 0.717) is 23.7 Å². The number of benzene rings is 2. The minimum absolute atomic E-state index is 0.0292. The van der Waals surface area contributed by atoms with Gasteiger partial charge in [-0.05, 0) is 48.4 Å². The molecule has 4 aromatic rings. The van der Waals surface area contributed by atoms with E-state index >= 15 is 0 Å². The third-order valence-electron chi connectivity index (χ3n) is 7.25. The number of fused-ring (bicyclic) bond motifs is 1. The molecule has 2 atom stereocenters. The average molecular weight is 509 g/mol. The van der Waals surface area contributed by atoms with Crippen molar-refractivity contribution in [2.24, 2.45) is 5.92 Å². The summed E-state index contributed by atoms with van der Waals surface area (Å²) in [6, 6.07) is 17.5. The molecule has 0 aliphatic heterocycles. The molecule has 1 aliphatic carbocycles. The molecule has 1 aliphatic rings. The molecule has 1 unspecified atom stereocenters. The number of carbonyl (C=O) groups excluding carboxylic acids is 2. The molecular formula is C30H32N6O2. The van der Waals surface area contributed by atoms with Gasteiger partial charge in [-0.2, -0.15) is 0 Å². The first-order valence-electron chi connectivity index (χ1n) is 13.0. The summed E-state index contributed by atoms with van der Waals surface area (Å²) in [6.07, 6.45) is 5.37. The molecule has 2 aromatic carbocycles. The van der Waals surface area contributed by atoms with Crippen molar-refractivity contribution in [1.82, 2.24) is 25.6 Å². The Hall–Kier alpha value is -4.33. The van der Waals surface area contributed by atoms with E-state index in [9.17, 15) is 9.59 Å². The predicted molar refractivity (Wildman–Crippen MR) is 149 cm³/mol. The summed E-state index contributed by atoms with van der Waals surface area (Å²) in [5.74, 6) is 1.04. The summed E-state index contributed by atoms with van der Waals surface area (Å²) in [7, 11) is 1.64. The van der Waals surface area contributed by atoms with Crippen molar-refractivity contribution < 1.29 is 9.59 Å². The highest BCUT2D eigenvalue weighted by Gasteiger charge is 2.24. The Balaban J connectivity index is 1.27. The van der Waals surface area contributed by atoms with Crippen LogP contribution in [-0.2, 0) is 0 Å². The summed E-state index contributed by atoms with van der Waals surface area (Å²) >= 11 is 0. The molecule has 0 spiro atoms. The Morgan fingerprint density at radius 3 is 2.50 bits per heavy atom. The lowest BCUT2D eigenvalue weighted by molar-refractivity contribution is 0.0947. The Bertz CT molecular complexity index is 1470. The van der Waals surface area contributed by atoms with Gasteiger partial charge in [-0.25, -0.2) is 9.97 Å². The van der Waals surface area contributed by atoms with Crippen LogP contribution in [0.4, 0.5) is 5.82 Å². The Morgan fingerprint density at radius 1 is 0.974 bits per heavy atom. The molecule has 1 fully saturated rings. The third-order valence-corrected chi connectivity index (χ3v) is 7.25. The first-order chi connectivity index (χ1) is 18.4. The van der Waals surface area contributed by atoms with Crippen LogP contribution in [0.3, 0.4) is 0 Å². The van der Waals surface area contributed by atoms with Gasteiger partial charge in [0, 0.05) is 48.4 Å². The average Bonchev–Trinajstić information content (AvgIpc) is 3.78. The van der Waals surface area contributed by atoms with Crippen molar-refractivity contribution in [3.05, 3.63) is 83.8 Å². The first kappa shape index (κ1) is 25.3. The fourth-order valence-electron chi connectivity index (χ4n) is 4.55. The van der Waals surface area contributed by atoms with E-state index in [-0.39, 0.29) is 23.7 Å². The van der Waals surface area contributed by atoms with Crippen molar-refractivity contribution in [2.45, 2.75) is 38.6 Å². The third kappa shape index (κ3) is 5.49. The van der Waals surface area contributed by atoms with Crippen LogP contribution in [-0.4, -0.2) is 46.4 Å². The van der Waals surface area contributed by atoms with Gasteiger partial charge in [-0.1, -0.05) is 44.2 Å². The van der Waals surface area contributed by atoms with E-state index in [2.05, 4.69) is 50.8 Å². The van der Waals surface area contributed by atoms with Gasteiger partial charge < -0.3 is 16.0 Å². The number of carbonyl (C=O) groups is 2. The van der Waals surface area contributed by atoms with Crippen molar-refractivity contribution in [1.29, 1.82) is 0 Å². The highest BCUT2D eigenvalue weighted by Crippen LogP contribution is 2.31. The van der Waals surface area contributed by atoms with Crippen LogP contribution in [0, 0.1) is 5.92 Å². The summed E-state index contributed by atoms with van der Waals surface area (Å²) in [5.41, 5.74) is 4.96. The lowest BCUT2D eigenvalue weighted by Gasteiger charge is -2.22. The highest BCUT2D eigenvalue weighted by atomic mass is 16.2. The molecule has 0 bridgehead atoms. The van der Waals surface area contributed by atoms with Crippen molar-refractivity contribution in [3.8, 4) is 11.3 Å². The van der Waals surface area contributed by atoms with Gasteiger partial charge >= 0.3 is 0 Å². The number of amides is 2. The Kier molecular flexibility index (Phi) is 7.31. The van der Waals surface area contributed by atoms with E-state index < -0.39 is 0 Å². The van der Waals surface area contributed by atoms with Gasteiger partial charge in [0.2, 0.25) is 0 Å². The molecule has 2 amide bonds. The normalized spacial score (nSPS) is 14.5. The summed E-state index contributed by atoms with van der Waals surface area (Å²) in [5, 5.41) is 10.0. The number of hydrogen-bond acceptors (Lipinski definition) is 6. The van der Waals surface area contributed by atoms with Crippen LogP contribution in [0.2, 0.25) is 0 Å². The molecule has 2 heterocycles. The van der Waals surface area contributed by atoms with E-state index in [4.69, 9.17) is 0 Å². The number of nitrogens with zero attached hydrogens (tertiary/aromatic N) is 3. The number of rotatable bonds is 9. The fraction of sp³-hybridized carbons (Fsp3) is 0.300. The molecule has 8 heteroatoms. The summed E-state index contributed by atoms with van der Waals surface area (Å²) < 4.78 is 0. The Labute approximate surface area is 222 Å². The monoisotopic (exact) mass is 508 g/mol. The van der Waals surface area contributed by atoms with Gasteiger partial charge in [0.15, 0.2) is 0 Å². The topological polar surface area (TPSA) is 109 Å². The van der Waals surface area contributed by atoms with E-state index in [1.165, 1.54) is 0 Å². The highest BCUT2D eigenvalue weighted by molar-refractivity contribution is 6.06. The molecule has 0 saturated heterocycles.